The van der Waals surface area contributed by atoms with Gasteiger partial charge in [-0.25, -0.2) is 4.39 Å². The van der Waals surface area contributed by atoms with E-state index in [1.165, 1.54) is 12.1 Å². The second-order valence-electron chi connectivity index (χ2n) is 5.61. The summed E-state index contributed by atoms with van der Waals surface area (Å²) in [6, 6.07) is 2.28. The Labute approximate surface area is 134 Å². The molecule has 0 bridgehead atoms. The molecular weight excluding hydrogens is 314 g/mol. The molecule has 3 nitrogen and oxygen atoms in total. The number of nitrogens with two attached hydrogens (primary N) is 1. The van der Waals surface area contributed by atoms with Gasteiger partial charge in [0.05, 0.1) is 11.1 Å². The van der Waals surface area contributed by atoms with Crippen molar-refractivity contribution in [1.82, 2.24) is 5.32 Å². The number of amides is 1. The number of nitrogens with one attached hydrogen (secondary N) is 1. The van der Waals surface area contributed by atoms with Crippen molar-refractivity contribution in [1.29, 1.82) is 0 Å². The van der Waals surface area contributed by atoms with Gasteiger partial charge in [-0.3, -0.25) is 4.79 Å². The highest BCUT2D eigenvalue weighted by Crippen LogP contribution is 2.33. The van der Waals surface area contributed by atoms with Crippen LogP contribution in [0.2, 0.25) is 10.0 Å². The first-order valence-electron chi connectivity index (χ1n) is 7.09. The zero-order valence-electron chi connectivity index (χ0n) is 11.8. The summed E-state index contributed by atoms with van der Waals surface area (Å²) in [5, 5.41) is 3.16. The van der Waals surface area contributed by atoms with E-state index in [1.807, 2.05) is 0 Å². The third kappa shape index (κ3) is 3.87. The van der Waals surface area contributed by atoms with Gasteiger partial charge < -0.3 is 11.1 Å². The summed E-state index contributed by atoms with van der Waals surface area (Å²) in [7, 11) is 0. The molecule has 3 atom stereocenters. The number of benzene rings is 1. The summed E-state index contributed by atoms with van der Waals surface area (Å²) >= 11 is 12.0. The van der Waals surface area contributed by atoms with Crippen molar-refractivity contribution in [2.75, 3.05) is 0 Å². The average Bonchev–Trinajstić information content (AvgIpc) is 2.43. The van der Waals surface area contributed by atoms with Crippen LogP contribution in [0.25, 0.3) is 0 Å². The van der Waals surface area contributed by atoms with E-state index in [9.17, 15) is 9.18 Å². The second-order valence-corrected chi connectivity index (χ2v) is 6.40. The Morgan fingerprint density at radius 1 is 1.43 bits per heavy atom. The minimum Gasteiger partial charge on any atom is -0.349 e. The van der Waals surface area contributed by atoms with Crippen molar-refractivity contribution in [3.05, 3.63) is 33.6 Å². The molecule has 1 aromatic rings. The molecule has 6 heteroatoms. The summed E-state index contributed by atoms with van der Waals surface area (Å²) in [5.41, 5.74) is 6.31. The molecule has 0 radical (unpaired) electrons. The molecule has 1 saturated carbocycles. The molecule has 0 spiro atoms. The lowest BCUT2D eigenvalue weighted by molar-refractivity contribution is -0.126. The molecule has 21 heavy (non-hydrogen) atoms. The van der Waals surface area contributed by atoms with E-state index in [1.54, 1.807) is 6.92 Å². The van der Waals surface area contributed by atoms with Crippen molar-refractivity contribution in [3.63, 3.8) is 0 Å². The van der Waals surface area contributed by atoms with Gasteiger partial charge in [-0.15, -0.1) is 0 Å². The van der Waals surface area contributed by atoms with Crippen LogP contribution in [0.4, 0.5) is 4.39 Å². The number of carbonyl (C=O) groups is 1. The predicted octanol–water partition coefficient (Wildman–Crippen LogP) is 3.83. The van der Waals surface area contributed by atoms with Gasteiger partial charge in [0.15, 0.2) is 0 Å². The Hall–Kier alpha value is -0.840. The monoisotopic (exact) mass is 332 g/mol. The van der Waals surface area contributed by atoms with Gasteiger partial charge in [0, 0.05) is 22.5 Å². The number of halogens is 3. The summed E-state index contributed by atoms with van der Waals surface area (Å²) in [6.45, 7) is 1.74. The highest BCUT2D eigenvalue weighted by atomic mass is 35.5. The zero-order chi connectivity index (χ0) is 15.6. The lowest BCUT2D eigenvalue weighted by atomic mass is 9.85. The van der Waals surface area contributed by atoms with Crippen LogP contribution in [-0.2, 0) is 4.79 Å². The minimum absolute atomic E-state index is 0.0457. The van der Waals surface area contributed by atoms with E-state index in [2.05, 4.69) is 5.32 Å². The fourth-order valence-corrected chi connectivity index (χ4v) is 3.51. The number of hydrogen-bond acceptors (Lipinski definition) is 2. The highest BCUT2D eigenvalue weighted by molar-refractivity contribution is 6.36. The molecular formula is C15H19Cl2FN2O. The molecule has 0 aromatic heterocycles. The lowest BCUT2D eigenvalue weighted by Gasteiger charge is -2.27. The first-order chi connectivity index (χ1) is 9.90. The van der Waals surface area contributed by atoms with Crippen molar-refractivity contribution in [3.8, 4) is 0 Å². The van der Waals surface area contributed by atoms with Crippen LogP contribution in [0, 0.1) is 11.7 Å². The second kappa shape index (κ2) is 6.95. The molecule has 1 amide bonds. The Morgan fingerprint density at radius 2 is 2.14 bits per heavy atom. The molecule has 1 aliphatic carbocycles. The van der Waals surface area contributed by atoms with Crippen molar-refractivity contribution < 1.29 is 9.18 Å². The summed E-state index contributed by atoms with van der Waals surface area (Å²) in [6.07, 6.45) is 3.43. The quantitative estimate of drug-likeness (QED) is 0.826. The Kier molecular flexibility index (Phi) is 5.47. The molecule has 3 unspecified atom stereocenters. The fourth-order valence-electron chi connectivity index (χ4n) is 2.81. The van der Waals surface area contributed by atoms with E-state index < -0.39 is 11.9 Å². The van der Waals surface area contributed by atoms with E-state index in [0.29, 0.717) is 17.0 Å². The maximum absolute atomic E-state index is 13.5. The summed E-state index contributed by atoms with van der Waals surface area (Å²) < 4.78 is 13.5. The third-order valence-electron chi connectivity index (χ3n) is 3.96. The van der Waals surface area contributed by atoms with Crippen LogP contribution >= 0.6 is 23.2 Å². The van der Waals surface area contributed by atoms with Crippen LogP contribution in [0.1, 0.15) is 44.2 Å². The molecule has 1 aromatic carbocycles. The van der Waals surface area contributed by atoms with Crippen molar-refractivity contribution >= 4 is 29.1 Å². The average molecular weight is 333 g/mol. The number of carbonyl (C=O) groups excluding carboxylic acids is 1. The molecule has 3 N–H and O–H groups in total. The Bertz CT molecular complexity index is 539. The maximum Gasteiger partial charge on any atom is 0.223 e. The van der Waals surface area contributed by atoms with Gasteiger partial charge >= 0.3 is 0 Å². The van der Waals surface area contributed by atoms with Crippen molar-refractivity contribution in [2.45, 2.75) is 44.7 Å². The van der Waals surface area contributed by atoms with Gasteiger partial charge in [-0.1, -0.05) is 29.6 Å². The van der Waals surface area contributed by atoms with E-state index in [0.717, 1.165) is 19.3 Å². The fraction of sp³-hybridized carbons (Fsp3) is 0.533. The van der Waals surface area contributed by atoms with Crippen LogP contribution in [0.3, 0.4) is 0 Å². The SMILES string of the molecule is CC(NC(=O)C1CCCC(N)C1)c1c(Cl)ccc(F)c1Cl. The Balaban J connectivity index is 2.09. The predicted molar refractivity (Wildman–Crippen MR) is 82.9 cm³/mol. The van der Waals surface area contributed by atoms with E-state index in [-0.39, 0.29) is 22.9 Å². The van der Waals surface area contributed by atoms with Gasteiger partial charge in [-0.05, 0) is 38.3 Å². The highest BCUT2D eigenvalue weighted by Gasteiger charge is 2.27. The molecule has 0 saturated heterocycles. The van der Waals surface area contributed by atoms with Gasteiger partial charge in [-0.2, -0.15) is 0 Å². The van der Waals surface area contributed by atoms with E-state index in [4.69, 9.17) is 28.9 Å². The topological polar surface area (TPSA) is 55.1 Å². The molecule has 1 aliphatic rings. The molecule has 0 heterocycles. The smallest absolute Gasteiger partial charge is 0.223 e. The zero-order valence-corrected chi connectivity index (χ0v) is 13.3. The molecule has 1 fully saturated rings. The molecule has 116 valence electrons. The first-order valence-corrected chi connectivity index (χ1v) is 7.85. The van der Waals surface area contributed by atoms with Crippen LogP contribution in [-0.4, -0.2) is 11.9 Å². The standard InChI is InChI=1S/C15H19Cl2FN2O/c1-8(13-11(16)5-6-12(18)14(13)17)20-15(21)9-3-2-4-10(19)7-9/h5-6,8-10H,2-4,7,19H2,1H3,(H,20,21). The van der Waals surface area contributed by atoms with Gasteiger partial charge in [0.1, 0.15) is 5.82 Å². The number of rotatable bonds is 3. The molecule has 0 aliphatic heterocycles. The van der Waals surface area contributed by atoms with Crippen LogP contribution < -0.4 is 11.1 Å². The lowest BCUT2D eigenvalue weighted by Crippen LogP contribution is -2.38. The normalized spacial score (nSPS) is 23.7. The van der Waals surface area contributed by atoms with Crippen LogP contribution in [0.5, 0.6) is 0 Å². The molecule has 2 rings (SSSR count). The largest absolute Gasteiger partial charge is 0.349 e. The number of hydrogen-bond donors (Lipinski definition) is 2. The Morgan fingerprint density at radius 3 is 2.81 bits per heavy atom. The summed E-state index contributed by atoms with van der Waals surface area (Å²) in [5.74, 6) is -0.715. The maximum atomic E-state index is 13.5. The van der Waals surface area contributed by atoms with Crippen LogP contribution in [0.15, 0.2) is 12.1 Å². The van der Waals surface area contributed by atoms with Gasteiger partial charge in [0.2, 0.25) is 5.91 Å². The van der Waals surface area contributed by atoms with Crippen molar-refractivity contribution in [2.24, 2.45) is 11.7 Å². The van der Waals surface area contributed by atoms with E-state index >= 15 is 0 Å². The summed E-state index contributed by atoms with van der Waals surface area (Å²) in [4.78, 5) is 12.3. The third-order valence-corrected chi connectivity index (χ3v) is 4.67. The minimum atomic E-state index is -0.545. The van der Waals surface area contributed by atoms with Gasteiger partial charge in [0.25, 0.3) is 0 Å². The first kappa shape index (κ1) is 16.5.